The van der Waals surface area contributed by atoms with E-state index >= 15 is 0 Å². The van der Waals surface area contributed by atoms with Crippen LogP contribution in [-0.4, -0.2) is 41.1 Å². The van der Waals surface area contributed by atoms with Gasteiger partial charge in [0.05, 0.1) is 5.60 Å². The van der Waals surface area contributed by atoms with Crippen LogP contribution in [0.15, 0.2) is 0 Å². The van der Waals surface area contributed by atoms with Crippen LogP contribution in [-0.2, 0) is 4.79 Å². The molecule has 0 rings (SSSR count). The van der Waals surface area contributed by atoms with Crippen LogP contribution < -0.4 is 5.73 Å². The molecule has 1 unspecified atom stereocenters. The van der Waals surface area contributed by atoms with Crippen LogP contribution in [0.2, 0.25) is 0 Å². The van der Waals surface area contributed by atoms with E-state index in [2.05, 4.69) is 0 Å². The molecule has 0 aromatic carbocycles. The number of rotatable bonds is 7. The molecule has 4 heteroatoms. The first-order valence-corrected chi connectivity index (χ1v) is 6.03. The summed E-state index contributed by atoms with van der Waals surface area (Å²) in [5.41, 5.74) is 4.59. The van der Waals surface area contributed by atoms with Crippen LogP contribution >= 0.6 is 0 Å². The van der Waals surface area contributed by atoms with E-state index < -0.39 is 5.60 Å². The van der Waals surface area contributed by atoms with Crippen LogP contribution in [0, 0.1) is 5.92 Å². The fourth-order valence-corrected chi connectivity index (χ4v) is 1.67. The molecule has 4 nitrogen and oxygen atoms in total. The Hall–Kier alpha value is -0.610. The van der Waals surface area contributed by atoms with Crippen molar-refractivity contribution in [1.82, 2.24) is 4.90 Å². The van der Waals surface area contributed by atoms with Crippen LogP contribution in [0.4, 0.5) is 0 Å². The summed E-state index contributed by atoms with van der Waals surface area (Å²) in [7, 11) is 0. The zero-order chi connectivity index (χ0) is 12.8. The minimum absolute atomic E-state index is 0.00847. The molecule has 0 fully saturated rings. The normalized spacial score (nSPS) is 13.6. The molecular formula is C12H26N2O2. The van der Waals surface area contributed by atoms with Crippen LogP contribution in [0.1, 0.15) is 40.5 Å². The number of carbonyl (C=O) groups is 1. The second kappa shape index (κ2) is 6.86. The van der Waals surface area contributed by atoms with Gasteiger partial charge in [0.1, 0.15) is 0 Å². The van der Waals surface area contributed by atoms with Crippen molar-refractivity contribution >= 4 is 5.91 Å². The summed E-state index contributed by atoms with van der Waals surface area (Å²) in [5.74, 6) is 0.101. The maximum Gasteiger partial charge on any atom is 0.225 e. The number of likely N-dealkylation sites (N-methyl/N-ethyl adjacent to an activating group) is 1. The third kappa shape index (κ3) is 6.08. The zero-order valence-electron chi connectivity index (χ0n) is 11.0. The Balaban J connectivity index is 4.30. The summed E-state index contributed by atoms with van der Waals surface area (Å²) in [4.78, 5) is 13.7. The highest BCUT2D eigenvalue weighted by Crippen LogP contribution is 2.12. The number of aliphatic hydroxyl groups is 1. The molecule has 16 heavy (non-hydrogen) atoms. The number of nitrogens with two attached hydrogens (primary N) is 1. The smallest absolute Gasteiger partial charge is 0.225 e. The molecule has 0 saturated carbocycles. The predicted molar refractivity (Wildman–Crippen MR) is 66.0 cm³/mol. The number of hydrogen-bond acceptors (Lipinski definition) is 3. The molecule has 0 aliphatic heterocycles. The Morgan fingerprint density at radius 1 is 1.50 bits per heavy atom. The van der Waals surface area contributed by atoms with E-state index in [0.717, 1.165) is 12.8 Å². The summed E-state index contributed by atoms with van der Waals surface area (Å²) in [6.07, 6.45) is 1.69. The van der Waals surface area contributed by atoms with Gasteiger partial charge in [-0.05, 0) is 40.2 Å². The van der Waals surface area contributed by atoms with Crippen molar-refractivity contribution in [3.63, 3.8) is 0 Å². The van der Waals surface area contributed by atoms with Crippen LogP contribution in [0.3, 0.4) is 0 Å². The quantitative estimate of drug-likeness (QED) is 0.685. The van der Waals surface area contributed by atoms with Crippen molar-refractivity contribution in [3.05, 3.63) is 0 Å². The molecule has 0 aromatic rings. The molecule has 3 N–H and O–H groups in total. The molecule has 0 aliphatic rings. The maximum absolute atomic E-state index is 12.0. The van der Waals surface area contributed by atoms with Gasteiger partial charge < -0.3 is 15.7 Å². The van der Waals surface area contributed by atoms with Gasteiger partial charge >= 0.3 is 0 Å². The molecule has 0 heterocycles. The van der Waals surface area contributed by atoms with E-state index in [9.17, 15) is 9.90 Å². The molecular weight excluding hydrogens is 204 g/mol. The zero-order valence-corrected chi connectivity index (χ0v) is 11.0. The number of hydrogen-bond donors (Lipinski definition) is 2. The minimum Gasteiger partial charge on any atom is -0.389 e. The average Bonchev–Trinajstić information content (AvgIpc) is 2.20. The molecule has 1 atom stereocenters. The summed E-state index contributed by atoms with van der Waals surface area (Å²) in [6.45, 7) is 8.92. The third-order valence-electron chi connectivity index (χ3n) is 2.53. The Labute approximate surface area is 98.8 Å². The van der Waals surface area contributed by atoms with E-state index in [1.165, 1.54) is 0 Å². The molecule has 1 amide bonds. The van der Waals surface area contributed by atoms with Crippen LogP contribution in [0.25, 0.3) is 0 Å². The number of amides is 1. The van der Waals surface area contributed by atoms with E-state index in [1.807, 2.05) is 13.8 Å². The fraction of sp³-hybridized carbons (Fsp3) is 0.917. The molecule has 0 aliphatic carbocycles. The van der Waals surface area contributed by atoms with Gasteiger partial charge in [0.2, 0.25) is 5.91 Å². The number of carbonyl (C=O) groups excluding carboxylic acids is 1. The molecule has 0 spiro atoms. The van der Waals surface area contributed by atoms with Gasteiger partial charge in [-0.25, -0.2) is 0 Å². The lowest BCUT2D eigenvalue weighted by Crippen LogP contribution is -2.44. The SMILES string of the molecule is CCN(CC(C)(C)O)C(=O)C(C)CCCN. The highest BCUT2D eigenvalue weighted by molar-refractivity contribution is 5.78. The second-order valence-electron chi connectivity index (χ2n) is 5.00. The molecule has 0 bridgehead atoms. The summed E-state index contributed by atoms with van der Waals surface area (Å²) in [5, 5.41) is 9.71. The van der Waals surface area contributed by atoms with Crippen molar-refractivity contribution in [2.75, 3.05) is 19.6 Å². The summed E-state index contributed by atoms with van der Waals surface area (Å²) in [6, 6.07) is 0. The maximum atomic E-state index is 12.0. The standard InChI is InChI=1S/C12H26N2O2/c1-5-14(9-12(3,4)16)11(15)10(2)7-6-8-13/h10,16H,5-9,13H2,1-4H3. The minimum atomic E-state index is -0.834. The van der Waals surface area contributed by atoms with Gasteiger partial charge in [-0.3, -0.25) is 4.79 Å². The third-order valence-corrected chi connectivity index (χ3v) is 2.53. The van der Waals surface area contributed by atoms with Crippen molar-refractivity contribution in [2.24, 2.45) is 11.7 Å². The van der Waals surface area contributed by atoms with Crippen LogP contribution in [0.5, 0.6) is 0 Å². The summed E-state index contributed by atoms with van der Waals surface area (Å²) < 4.78 is 0. The lowest BCUT2D eigenvalue weighted by molar-refractivity contribution is -0.138. The van der Waals surface area contributed by atoms with E-state index in [-0.39, 0.29) is 11.8 Å². The van der Waals surface area contributed by atoms with Gasteiger partial charge in [-0.1, -0.05) is 6.92 Å². The summed E-state index contributed by atoms with van der Waals surface area (Å²) >= 11 is 0. The van der Waals surface area contributed by atoms with E-state index in [4.69, 9.17) is 5.73 Å². The second-order valence-corrected chi connectivity index (χ2v) is 5.00. The molecule has 0 radical (unpaired) electrons. The lowest BCUT2D eigenvalue weighted by atomic mass is 10.0. The average molecular weight is 230 g/mol. The first kappa shape index (κ1) is 15.4. The highest BCUT2D eigenvalue weighted by Gasteiger charge is 2.24. The van der Waals surface area contributed by atoms with Gasteiger partial charge in [-0.2, -0.15) is 0 Å². The molecule has 96 valence electrons. The molecule has 0 aromatic heterocycles. The first-order valence-electron chi connectivity index (χ1n) is 6.03. The van der Waals surface area contributed by atoms with Crippen molar-refractivity contribution < 1.29 is 9.90 Å². The van der Waals surface area contributed by atoms with Crippen molar-refractivity contribution in [1.29, 1.82) is 0 Å². The fourth-order valence-electron chi connectivity index (χ4n) is 1.67. The van der Waals surface area contributed by atoms with Gasteiger partial charge in [0.15, 0.2) is 0 Å². The van der Waals surface area contributed by atoms with Gasteiger partial charge in [0, 0.05) is 19.0 Å². The monoisotopic (exact) mass is 230 g/mol. The molecule has 0 saturated heterocycles. The Morgan fingerprint density at radius 3 is 2.44 bits per heavy atom. The Morgan fingerprint density at radius 2 is 2.06 bits per heavy atom. The predicted octanol–water partition coefficient (Wildman–Crippen LogP) is 0.981. The Bertz CT molecular complexity index is 212. The lowest BCUT2D eigenvalue weighted by Gasteiger charge is -2.30. The highest BCUT2D eigenvalue weighted by atomic mass is 16.3. The van der Waals surface area contributed by atoms with Gasteiger partial charge in [0.25, 0.3) is 0 Å². The van der Waals surface area contributed by atoms with Gasteiger partial charge in [-0.15, -0.1) is 0 Å². The van der Waals surface area contributed by atoms with Crippen molar-refractivity contribution in [2.45, 2.75) is 46.1 Å². The topological polar surface area (TPSA) is 66.6 Å². The van der Waals surface area contributed by atoms with Crippen molar-refractivity contribution in [3.8, 4) is 0 Å². The Kier molecular flexibility index (Phi) is 6.60. The van der Waals surface area contributed by atoms with E-state index in [0.29, 0.717) is 19.6 Å². The largest absolute Gasteiger partial charge is 0.389 e. The number of nitrogens with zero attached hydrogens (tertiary/aromatic N) is 1. The van der Waals surface area contributed by atoms with E-state index in [1.54, 1.807) is 18.7 Å². The first-order chi connectivity index (χ1) is 7.31.